The first-order valence-electron chi connectivity index (χ1n) is 31.9. The molecule has 0 unspecified atom stereocenters. The summed E-state index contributed by atoms with van der Waals surface area (Å²) in [4.78, 5) is 2.67. The molecule has 0 spiro atoms. The van der Waals surface area contributed by atoms with Crippen molar-refractivity contribution in [2.24, 2.45) is 0 Å². The second-order valence-electron chi connectivity index (χ2n) is 33.8. The first kappa shape index (κ1) is 60.5. The third-order valence-electron chi connectivity index (χ3n) is 18.8. The predicted molar refractivity (Wildman–Crippen MR) is 380 cm³/mol. The summed E-state index contributed by atoms with van der Waals surface area (Å²) in [6, 6.07) is 63.3. The van der Waals surface area contributed by atoms with Crippen molar-refractivity contribution in [3.8, 4) is 27.9 Å². The van der Waals surface area contributed by atoms with Gasteiger partial charge in [-0.2, -0.15) is 0 Å². The minimum absolute atomic E-state index is 0.00736. The molecule has 0 aliphatic heterocycles. The molecule has 11 aromatic rings. The number of fused-ring (bicyclic) bond motifs is 3. The number of rotatable bonds is 6. The van der Waals surface area contributed by atoms with E-state index in [0.717, 1.165) is 11.4 Å². The van der Waals surface area contributed by atoms with Crippen molar-refractivity contribution >= 4 is 71.2 Å². The van der Waals surface area contributed by atoms with Crippen molar-refractivity contribution in [3.05, 3.63) is 202 Å². The molecule has 0 radical (unpaired) electrons. The Morgan fingerprint density at radius 1 is 0.256 bits per heavy atom. The van der Waals surface area contributed by atoms with Crippen molar-refractivity contribution in [2.75, 3.05) is 4.90 Å². The summed E-state index contributed by atoms with van der Waals surface area (Å²) < 4.78 is 2.56. The zero-order chi connectivity index (χ0) is 62.6. The number of aromatic nitrogens is 1. The zero-order valence-electron chi connectivity index (χ0n) is 56.9. The van der Waals surface area contributed by atoms with E-state index in [-0.39, 0.29) is 43.3 Å². The van der Waals surface area contributed by atoms with Crippen molar-refractivity contribution in [1.82, 2.24) is 4.57 Å². The molecule has 0 saturated heterocycles. The van der Waals surface area contributed by atoms with Crippen LogP contribution in [0.25, 0.3) is 82.1 Å². The molecule has 0 bridgehead atoms. The van der Waals surface area contributed by atoms with Gasteiger partial charge in [0.2, 0.25) is 0 Å². The molecule has 2 nitrogen and oxygen atoms in total. The van der Waals surface area contributed by atoms with E-state index in [1.165, 1.54) is 132 Å². The highest BCUT2D eigenvalue weighted by Gasteiger charge is 2.31. The molecule has 0 amide bonds. The van der Waals surface area contributed by atoms with E-state index in [1.54, 1.807) is 0 Å². The van der Waals surface area contributed by atoms with E-state index in [2.05, 4.69) is 333 Å². The summed E-state index contributed by atoms with van der Waals surface area (Å²) >= 11 is 0. The van der Waals surface area contributed by atoms with Gasteiger partial charge in [0.15, 0.2) is 0 Å². The number of hydrogen-bond acceptors (Lipinski definition) is 1. The Balaban J connectivity index is 1.26. The molecule has 444 valence electrons. The maximum atomic E-state index is 2.67. The molecule has 0 fully saturated rings. The van der Waals surface area contributed by atoms with Gasteiger partial charge >= 0.3 is 0 Å². The quantitative estimate of drug-likeness (QED) is 0.151. The Labute approximate surface area is 517 Å². The second-order valence-corrected chi connectivity index (χ2v) is 33.8. The minimum Gasteiger partial charge on any atom is -0.309 e. The Bertz CT molecular complexity index is 4320. The summed E-state index contributed by atoms with van der Waals surface area (Å²) in [7, 11) is 0. The smallest absolute Gasteiger partial charge is 0.0543 e. The number of hydrogen-bond donors (Lipinski definition) is 0. The lowest BCUT2D eigenvalue weighted by Gasteiger charge is -2.34. The Hall–Kier alpha value is -7.16. The fourth-order valence-corrected chi connectivity index (χ4v) is 12.9. The highest BCUT2D eigenvalue weighted by atomic mass is 15.1. The Morgan fingerprint density at radius 3 is 1.09 bits per heavy atom. The van der Waals surface area contributed by atoms with Gasteiger partial charge in [0.1, 0.15) is 0 Å². The van der Waals surface area contributed by atoms with Crippen LogP contribution in [0.5, 0.6) is 0 Å². The highest BCUT2D eigenvalue weighted by molar-refractivity contribution is 6.28. The number of benzene rings is 10. The monoisotopic (exact) mass is 1130 g/mol. The van der Waals surface area contributed by atoms with Gasteiger partial charge in [-0.1, -0.05) is 263 Å². The van der Waals surface area contributed by atoms with Crippen LogP contribution < -0.4 is 4.90 Å². The van der Waals surface area contributed by atoms with Gasteiger partial charge in [0.25, 0.3) is 0 Å². The first-order chi connectivity index (χ1) is 39.7. The van der Waals surface area contributed by atoms with Crippen LogP contribution in [-0.4, -0.2) is 4.57 Å². The van der Waals surface area contributed by atoms with Gasteiger partial charge in [-0.25, -0.2) is 0 Å². The predicted octanol–water partition coefficient (Wildman–Crippen LogP) is 24.9. The summed E-state index contributed by atoms with van der Waals surface area (Å²) in [6.45, 7) is 56.5. The molecule has 10 aromatic carbocycles. The van der Waals surface area contributed by atoms with Gasteiger partial charge in [-0.05, 0) is 187 Å². The molecule has 0 N–H and O–H groups in total. The molecule has 1 heterocycles. The average molecular weight is 1140 g/mol. The SMILES string of the molecule is CC(C)(C)c1cc(-c2cc(C(C)(C)C)ccc2-c2ccc(C(C)(C)C)cc2N(c2cc(C(C)(C)C)cc(C(C)(C)C)c2)c2ccc3ccc4c(-n5c6ccc(C(C)(C)C)cc6c6cc(C(C)(C)C)ccc65)ccc5ccc2c3c54)cc(C(C)(C)C)c1. The first-order valence-corrected chi connectivity index (χ1v) is 31.9. The molecular weight excluding hydrogens is 1040 g/mol. The maximum absolute atomic E-state index is 2.67. The van der Waals surface area contributed by atoms with Gasteiger partial charge in [0, 0.05) is 32.8 Å². The van der Waals surface area contributed by atoms with Crippen LogP contribution in [0.1, 0.15) is 211 Å². The molecule has 2 heteroatoms. The Morgan fingerprint density at radius 2 is 0.628 bits per heavy atom. The van der Waals surface area contributed by atoms with Crippen molar-refractivity contribution in [3.63, 3.8) is 0 Å². The lowest BCUT2D eigenvalue weighted by atomic mass is 9.77. The summed E-state index contributed by atoms with van der Waals surface area (Å²) in [5.74, 6) is 0. The van der Waals surface area contributed by atoms with Crippen molar-refractivity contribution in [1.29, 1.82) is 0 Å². The summed E-state index contributed by atoms with van der Waals surface area (Å²) in [6.07, 6.45) is 0. The third kappa shape index (κ3) is 11.0. The van der Waals surface area contributed by atoms with Crippen LogP contribution >= 0.6 is 0 Å². The van der Waals surface area contributed by atoms with Gasteiger partial charge in [-0.15, -0.1) is 0 Å². The van der Waals surface area contributed by atoms with E-state index >= 15 is 0 Å². The molecular formula is C84H98N2. The van der Waals surface area contributed by atoms with Gasteiger partial charge < -0.3 is 9.47 Å². The van der Waals surface area contributed by atoms with Crippen molar-refractivity contribution < 1.29 is 0 Å². The van der Waals surface area contributed by atoms with E-state index in [4.69, 9.17) is 0 Å². The van der Waals surface area contributed by atoms with Crippen LogP contribution in [0.3, 0.4) is 0 Å². The van der Waals surface area contributed by atoms with Crippen LogP contribution in [0.15, 0.2) is 158 Å². The Kier molecular flexibility index (Phi) is 14.2. The fourth-order valence-electron chi connectivity index (χ4n) is 12.9. The van der Waals surface area contributed by atoms with Crippen LogP contribution in [0, 0.1) is 0 Å². The van der Waals surface area contributed by atoms with Crippen LogP contribution in [0.4, 0.5) is 17.1 Å². The van der Waals surface area contributed by atoms with E-state index in [9.17, 15) is 0 Å². The molecule has 0 aliphatic rings. The van der Waals surface area contributed by atoms with Crippen LogP contribution in [0.2, 0.25) is 0 Å². The standard InChI is InChI=1S/C84H98N2/c1-77(2,3)54-29-35-63(67(47-54)53-41-58(81(13,14)15)43-59(42-53)82(16,17)18)64-36-30-57(80(10,11)12)50-74(64)85(62-45-60(83(19,20)21)44-61(46-62)84(22,23)24)70-37-27-51-26-34-66-71(38-28-52-25-33-65(70)75(51)76(52)66)86-72-39-31-55(78(4,5)6)48-68(72)69-49-56(79(7,8)9)32-40-73(69)86/h25-50H,1-24H3. The molecule has 86 heavy (non-hydrogen) atoms. The van der Waals surface area contributed by atoms with Crippen LogP contribution in [-0.2, 0) is 43.3 Å². The average Bonchev–Trinajstić information content (AvgIpc) is 1.23. The van der Waals surface area contributed by atoms with E-state index in [1.807, 2.05) is 0 Å². The van der Waals surface area contributed by atoms with E-state index in [0.29, 0.717) is 0 Å². The summed E-state index contributed by atoms with van der Waals surface area (Å²) in [5.41, 5.74) is 22.2. The molecule has 11 rings (SSSR count). The topological polar surface area (TPSA) is 8.17 Å². The van der Waals surface area contributed by atoms with E-state index < -0.39 is 0 Å². The van der Waals surface area contributed by atoms with Gasteiger partial charge in [0.05, 0.1) is 28.1 Å². The second kappa shape index (κ2) is 20.2. The highest BCUT2D eigenvalue weighted by Crippen LogP contribution is 2.52. The summed E-state index contributed by atoms with van der Waals surface area (Å²) in [5, 5.41) is 10.1. The largest absolute Gasteiger partial charge is 0.309 e. The molecule has 0 atom stereocenters. The number of nitrogens with zero attached hydrogens (tertiary/aromatic N) is 2. The normalized spacial score (nSPS) is 13.6. The lowest BCUT2D eigenvalue weighted by Crippen LogP contribution is -2.20. The molecule has 0 aliphatic carbocycles. The van der Waals surface area contributed by atoms with Gasteiger partial charge in [-0.3, -0.25) is 0 Å². The number of anilines is 3. The molecule has 1 aromatic heterocycles. The fraction of sp³-hybridized carbons (Fsp3) is 0.381. The minimum atomic E-state index is -0.140. The zero-order valence-corrected chi connectivity index (χ0v) is 56.9. The lowest BCUT2D eigenvalue weighted by molar-refractivity contribution is 0.568. The molecule has 0 saturated carbocycles. The maximum Gasteiger partial charge on any atom is 0.0543 e. The van der Waals surface area contributed by atoms with Crippen molar-refractivity contribution in [2.45, 2.75) is 209 Å². The third-order valence-corrected chi connectivity index (χ3v) is 18.8.